The maximum Gasteiger partial charge on any atom is 0.204 e. The number of pyridine rings is 1. The van der Waals surface area contributed by atoms with Crippen LogP contribution in [-0.2, 0) is 6.54 Å². The van der Waals surface area contributed by atoms with Crippen LogP contribution in [0.2, 0.25) is 0 Å². The van der Waals surface area contributed by atoms with Crippen LogP contribution >= 0.6 is 0 Å². The number of benzene rings is 1. The highest BCUT2D eigenvalue weighted by Crippen LogP contribution is 2.02. The van der Waals surface area contributed by atoms with Gasteiger partial charge >= 0.3 is 0 Å². The van der Waals surface area contributed by atoms with E-state index in [4.69, 9.17) is 0 Å². The summed E-state index contributed by atoms with van der Waals surface area (Å²) < 4.78 is 0. The summed E-state index contributed by atoms with van der Waals surface area (Å²) in [5.41, 5.74) is 1.40. The molecule has 1 aliphatic carbocycles. The lowest BCUT2D eigenvalue weighted by molar-refractivity contribution is -0.0288. The van der Waals surface area contributed by atoms with Crippen molar-refractivity contribution in [3.63, 3.8) is 0 Å². The number of aromatic nitrogens is 1. The van der Waals surface area contributed by atoms with Crippen molar-refractivity contribution in [1.82, 2.24) is 10.0 Å². The van der Waals surface area contributed by atoms with Crippen LogP contribution in [0.3, 0.4) is 0 Å². The summed E-state index contributed by atoms with van der Waals surface area (Å²) in [6, 6.07) is 13.2. The first-order valence-electron chi connectivity index (χ1n) is 6.63. The minimum absolute atomic E-state index is 0.115. The number of ketones is 1. The van der Waals surface area contributed by atoms with Crippen LogP contribution in [0, 0.1) is 0 Å². The van der Waals surface area contributed by atoms with E-state index in [-0.39, 0.29) is 5.78 Å². The molecule has 3 rings (SSSR count). The van der Waals surface area contributed by atoms with E-state index in [0.29, 0.717) is 17.6 Å². The summed E-state index contributed by atoms with van der Waals surface area (Å²) in [5, 5.41) is 12.4. The molecular weight excluding hydrogens is 264 g/mol. The maximum absolute atomic E-state index is 11.8. The van der Waals surface area contributed by atoms with Gasteiger partial charge in [0.05, 0.1) is 18.1 Å². The Balaban J connectivity index is 1.87. The van der Waals surface area contributed by atoms with Gasteiger partial charge in [0.15, 0.2) is 0 Å². The smallest absolute Gasteiger partial charge is 0.204 e. The lowest BCUT2D eigenvalue weighted by Crippen LogP contribution is -2.26. The van der Waals surface area contributed by atoms with Gasteiger partial charge in [-0.15, -0.1) is 0 Å². The summed E-state index contributed by atoms with van der Waals surface area (Å²) >= 11 is 0. The van der Waals surface area contributed by atoms with E-state index in [0.717, 1.165) is 15.8 Å². The van der Waals surface area contributed by atoms with Crippen molar-refractivity contribution in [1.29, 1.82) is 0 Å². The first-order valence-corrected chi connectivity index (χ1v) is 6.63. The molecule has 0 saturated heterocycles. The summed E-state index contributed by atoms with van der Waals surface area (Å²) in [6.07, 6.45) is 6.55. The fourth-order valence-corrected chi connectivity index (χ4v) is 2.18. The minimum atomic E-state index is -0.115. The number of hydrogen-bond acceptors (Lipinski definition) is 4. The fraction of sp³-hybridized carbons (Fsp3) is 0.0588. The number of hydroxylamine groups is 2. The first-order chi connectivity index (χ1) is 10.2. The second kappa shape index (κ2) is 5.73. The SMILES string of the molecule is O=C1C=CC=c2cc/c(=C\N(O)Cc3ccccc3)nc21. The molecule has 1 aromatic carbocycles. The summed E-state index contributed by atoms with van der Waals surface area (Å²) in [4.78, 5) is 16.0. The van der Waals surface area contributed by atoms with Gasteiger partial charge in [0.25, 0.3) is 0 Å². The molecule has 1 heterocycles. The number of allylic oxidation sites excluding steroid dienone is 2. The topological polar surface area (TPSA) is 53.4 Å². The van der Waals surface area contributed by atoms with E-state index in [9.17, 15) is 10.0 Å². The number of carbonyl (C=O) groups excluding carboxylic acids is 1. The molecule has 4 heteroatoms. The van der Waals surface area contributed by atoms with Gasteiger partial charge in [-0.25, -0.2) is 4.98 Å². The fourth-order valence-electron chi connectivity index (χ4n) is 2.18. The van der Waals surface area contributed by atoms with E-state index in [1.807, 2.05) is 42.5 Å². The molecule has 0 fully saturated rings. The average Bonchev–Trinajstić information content (AvgIpc) is 2.49. The van der Waals surface area contributed by atoms with Gasteiger partial charge < -0.3 is 0 Å². The number of fused-ring (bicyclic) bond motifs is 1. The Hall–Kier alpha value is -2.72. The summed E-state index contributed by atoms with van der Waals surface area (Å²) in [7, 11) is 0. The zero-order valence-electron chi connectivity index (χ0n) is 11.3. The van der Waals surface area contributed by atoms with Crippen LogP contribution in [-0.4, -0.2) is 21.0 Å². The Labute approximate surface area is 121 Å². The lowest BCUT2D eigenvalue weighted by Gasteiger charge is -2.11. The third-order valence-corrected chi connectivity index (χ3v) is 3.17. The van der Waals surface area contributed by atoms with E-state index < -0.39 is 0 Å². The molecule has 0 spiro atoms. The van der Waals surface area contributed by atoms with Gasteiger partial charge in [-0.2, -0.15) is 0 Å². The zero-order chi connectivity index (χ0) is 14.7. The van der Waals surface area contributed by atoms with Crippen molar-refractivity contribution in [3.05, 3.63) is 76.4 Å². The molecule has 0 bridgehead atoms. The number of rotatable bonds is 3. The van der Waals surface area contributed by atoms with Gasteiger partial charge in [-0.05, 0) is 17.7 Å². The van der Waals surface area contributed by atoms with E-state index in [2.05, 4.69) is 4.98 Å². The summed E-state index contributed by atoms with van der Waals surface area (Å²) in [6.45, 7) is 0.361. The summed E-state index contributed by atoms with van der Waals surface area (Å²) in [5.74, 6) is -0.115. The molecule has 0 radical (unpaired) electrons. The monoisotopic (exact) mass is 278 g/mol. The molecule has 4 nitrogen and oxygen atoms in total. The highest BCUT2D eigenvalue weighted by Gasteiger charge is 2.08. The van der Waals surface area contributed by atoms with Gasteiger partial charge in [-0.1, -0.05) is 48.6 Å². The molecule has 21 heavy (non-hydrogen) atoms. The highest BCUT2D eigenvalue weighted by atomic mass is 16.5. The van der Waals surface area contributed by atoms with Crippen molar-refractivity contribution in [2.24, 2.45) is 0 Å². The maximum atomic E-state index is 11.8. The molecule has 0 atom stereocenters. The lowest BCUT2D eigenvalue weighted by atomic mass is 10.1. The van der Waals surface area contributed by atoms with E-state index in [1.165, 1.54) is 12.3 Å². The first kappa shape index (κ1) is 13.3. The highest BCUT2D eigenvalue weighted by molar-refractivity contribution is 6.05. The Morgan fingerprint density at radius 1 is 1.14 bits per heavy atom. The Bertz CT molecular complexity index is 810. The molecule has 0 unspecified atom stereocenters. The van der Waals surface area contributed by atoms with Crippen molar-refractivity contribution in [3.8, 4) is 0 Å². The molecule has 1 N–H and O–H groups in total. The van der Waals surface area contributed by atoms with Crippen LogP contribution in [0.4, 0.5) is 0 Å². The quantitative estimate of drug-likeness (QED) is 0.858. The van der Waals surface area contributed by atoms with Crippen molar-refractivity contribution >= 4 is 18.1 Å². The molecule has 1 aromatic heterocycles. The molecule has 2 aromatic rings. The van der Waals surface area contributed by atoms with Crippen LogP contribution in [0.1, 0.15) is 16.1 Å². The Morgan fingerprint density at radius 3 is 2.76 bits per heavy atom. The van der Waals surface area contributed by atoms with Gasteiger partial charge in [-0.3, -0.25) is 15.1 Å². The second-order valence-corrected chi connectivity index (χ2v) is 4.78. The van der Waals surface area contributed by atoms with E-state index in [1.54, 1.807) is 12.1 Å². The minimum Gasteiger partial charge on any atom is -0.289 e. The number of carbonyl (C=O) groups is 1. The van der Waals surface area contributed by atoms with Crippen LogP contribution in [0.5, 0.6) is 0 Å². The normalized spacial score (nSPS) is 13.8. The second-order valence-electron chi connectivity index (χ2n) is 4.78. The molecule has 0 saturated carbocycles. The van der Waals surface area contributed by atoms with Crippen molar-refractivity contribution in [2.45, 2.75) is 6.54 Å². The van der Waals surface area contributed by atoms with Crippen molar-refractivity contribution < 1.29 is 10.0 Å². The van der Waals surface area contributed by atoms with Gasteiger partial charge in [0, 0.05) is 5.22 Å². The molecular formula is C17H14N2O2. The molecule has 104 valence electrons. The van der Waals surface area contributed by atoms with Gasteiger partial charge in [0.2, 0.25) is 5.78 Å². The number of nitrogens with zero attached hydrogens (tertiary/aromatic N) is 2. The molecule has 0 amide bonds. The zero-order valence-corrected chi connectivity index (χ0v) is 11.3. The third-order valence-electron chi connectivity index (χ3n) is 3.17. The molecule has 1 aliphatic rings. The molecule has 0 aliphatic heterocycles. The Kier molecular flexibility index (Phi) is 3.62. The van der Waals surface area contributed by atoms with Crippen LogP contribution in [0.25, 0.3) is 12.3 Å². The Morgan fingerprint density at radius 2 is 1.95 bits per heavy atom. The predicted octanol–water partition coefficient (Wildman–Crippen LogP) is 1.24. The standard InChI is InChI=1S/C17H14N2O2/c20-16-8-4-7-14-9-10-15(18-17(14)16)12-19(21)11-13-5-2-1-3-6-13/h1-10,12,21H,11H2/b15-12+. The van der Waals surface area contributed by atoms with Crippen LogP contribution in [0.15, 0.2) is 54.6 Å². The number of hydrogen-bond donors (Lipinski definition) is 1. The average molecular weight is 278 g/mol. The van der Waals surface area contributed by atoms with E-state index >= 15 is 0 Å². The van der Waals surface area contributed by atoms with Gasteiger partial charge in [0.1, 0.15) is 5.69 Å². The van der Waals surface area contributed by atoms with Crippen molar-refractivity contribution in [2.75, 3.05) is 0 Å². The third kappa shape index (κ3) is 3.07. The van der Waals surface area contributed by atoms with Crippen LogP contribution < -0.4 is 10.6 Å². The predicted molar refractivity (Wildman–Crippen MR) is 79.7 cm³/mol. The largest absolute Gasteiger partial charge is 0.289 e.